The number of hydrogen-bond donors (Lipinski definition) is 2. The monoisotopic (exact) mass is 327 g/mol. The number of carbonyl (C=O) groups is 1. The van der Waals surface area contributed by atoms with Crippen LogP contribution in [0.25, 0.3) is 0 Å². The number of hydrogen-bond acceptors (Lipinski definition) is 10. The van der Waals surface area contributed by atoms with Crippen molar-refractivity contribution in [2.24, 2.45) is 0 Å². The van der Waals surface area contributed by atoms with Crippen molar-refractivity contribution in [3.05, 3.63) is 0 Å². The van der Waals surface area contributed by atoms with Gasteiger partial charge in [0.05, 0.1) is 25.2 Å². The van der Waals surface area contributed by atoms with Crippen LogP contribution >= 0.6 is 0 Å². The van der Waals surface area contributed by atoms with Crippen LogP contribution < -0.4 is 0 Å². The molecule has 0 amide bonds. The van der Waals surface area contributed by atoms with Gasteiger partial charge in [0.2, 0.25) is 0 Å². The van der Waals surface area contributed by atoms with Crippen LogP contribution in [0.15, 0.2) is 0 Å². The zero-order valence-electron chi connectivity index (χ0n) is 11.2. The number of nitrogens with zero attached hydrogens (tertiary/aromatic N) is 1. The Bertz CT molecular complexity index is 479. The lowest BCUT2D eigenvalue weighted by Gasteiger charge is -2.17. The Morgan fingerprint density at radius 2 is 1.95 bits per heavy atom. The lowest BCUT2D eigenvalue weighted by molar-refractivity contribution is -0.507. The molecule has 0 aromatic rings. The minimum atomic E-state index is -3.81. The van der Waals surface area contributed by atoms with Gasteiger partial charge in [-0.2, -0.15) is 0 Å². The number of fused-ring (bicyclic) bond motifs is 1. The van der Waals surface area contributed by atoms with Gasteiger partial charge < -0.3 is 14.2 Å². The van der Waals surface area contributed by atoms with Crippen LogP contribution in [0.1, 0.15) is 6.92 Å². The van der Waals surface area contributed by atoms with E-state index in [1.54, 1.807) is 6.92 Å². The van der Waals surface area contributed by atoms with Gasteiger partial charge in [0.25, 0.3) is 0 Å². The van der Waals surface area contributed by atoms with Crippen molar-refractivity contribution in [3.8, 4) is 0 Å². The predicted octanol–water partition coefficient (Wildman–Crippen LogP) is -1.49. The quantitative estimate of drug-likeness (QED) is 0.439. The summed E-state index contributed by atoms with van der Waals surface area (Å²) >= 11 is 0. The molecule has 2 saturated heterocycles. The van der Waals surface area contributed by atoms with E-state index in [9.17, 15) is 13.2 Å². The molecule has 2 aliphatic rings. The van der Waals surface area contributed by atoms with Gasteiger partial charge in [-0.25, -0.2) is 13.3 Å². The minimum absolute atomic E-state index is 0.0572. The first-order chi connectivity index (χ1) is 9.85. The van der Waals surface area contributed by atoms with Crippen molar-refractivity contribution in [3.63, 3.8) is 0 Å². The van der Waals surface area contributed by atoms with Gasteiger partial charge in [0, 0.05) is 0 Å². The van der Waals surface area contributed by atoms with E-state index in [2.05, 4.69) is 9.57 Å². The molecule has 2 rings (SSSR count). The van der Waals surface area contributed by atoms with Gasteiger partial charge in [-0.1, -0.05) is 0 Å². The standard InChI is InChI=1S/C10H17NO9S/c1-2-17-8(12)5-21(15,16)7-4-19-9-6(20-11(13)14)3-18-10(7)9/h6-7,9-10,13-14H,2-5H2,1H3/t6-,7+,9-,10-/m1/s1. The van der Waals surface area contributed by atoms with Crippen LogP contribution in [0.4, 0.5) is 0 Å². The SMILES string of the molecule is CCOC(=O)CS(=O)(=O)[C@H]1CO[C@H]2[C@@H]1OC[C@H]2ON(O)O. The van der Waals surface area contributed by atoms with Crippen LogP contribution in [-0.2, 0) is 33.7 Å². The van der Waals surface area contributed by atoms with Gasteiger partial charge in [-0.15, -0.1) is 0 Å². The minimum Gasteiger partial charge on any atom is -0.465 e. The van der Waals surface area contributed by atoms with E-state index in [1.165, 1.54) is 0 Å². The molecule has 10 nitrogen and oxygen atoms in total. The highest BCUT2D eigenvalue weighted by Gasteiger charge is 2.53. The molecular weight excluding hydrogens is 310 g/mol. The van der Waals surface area contributed by atoms with Crippen LogP contribution in [0.3, 0.4) is 0 Å². The molecule has 2 fully saturated rings. The van der Waals surface area contributed by atoms with Crippen LogP contribution in [-0.4, -0.2) is 79.3 Å². The second kappa shape index (κ2) is 6.52. The maximum Gasteiger partial charge on any atom is 0.321 e. The average Bonchev–Trinajstić information content (AvgIpc) is 2.91. The first-order valence-corrected chi connectivity index (χ1v) is 8.01. The van der Waals surface area contributed by atoms with Crippen LogP contribution in [0, 0.1) is 0 Å². The fourth-order valence-electron chi connectivity index (χ4n) is 2.42. The Morgan fingerprint density at radius 1 is 1.29 bits per heavy atom. The molecule has 2 heterocycles. The Hall–Kier alpha value is -0.820. The van der Waals surface area contributed by atoms with Gasteiger partial charge in [-0.05, 0) is 6.92 Å². The van der Waals surface area contributed by atoms with Crippen LogP contribution in [0.2, 0.25) is 0 Å². The van der Waals surface area contributed by atoms with Gasteiger partial charge in [0.1, 0.15) is 29.3 Å². The molecule has 0 aromatic heterocycles. The molecule has 0 spiro atoms. The molecule has 0 aromatic carbocycles. The largest absolute Gasteiger partial charge is 0.465 e. The lowest BCUT2D eigenvalue weighted by Crippen LogP contribution is -2.40. The molecule has 0 bridgehead atoms. The summed E-state index contributed by atoms with van der Waals surface area (Å²) in [5.74, 6) is -1.58. The summed E-state index contributed by atoms with van der Waals surface area (Å²) in [6.07, 6.45) is -2.42. The highest BCUT2D eigenvalue weighted by atomic mass is 32.2. The number of ether oxygens (including phenoxy) is 3. The first-order valence-electron chi connectivity index (χ1n) is 6.30. The van der Waals surface area contributed by atoms with Crippen molar-refractivity contribution in [2.45, 2.75) is 30.5 Å². The third-order valence-corrected chi connectivity index (χ3v) is 5.24. The van der Waals surface area contributed by atoms with E-state index in [4.69, 9.17) is 19.9 Å². The van der Waals surface area contributed by atoms with E-state index in [-0.39, 0.29) is 19.8 Å². The molecule has 0 unspecified atom stereocenters. The molecule has 0 saturated carbocycles. The number of esters is 1. The molecule has 2 aliphatic heterocycles. The molecule has 4 atom stereocenters. The predicted molar refractivity (Wildman–Crippen MR) is 64.0 cm³/mol. The van der Waals surface area contributed by atoms with E-state index in [1.807, 2.05) is 0 Å². The third-order valence-electron chi connectivity index (χ3n) is 3.28. The summed E-state index contributed by atoms with van der Waals surface area (Å²) in [7, 11) is -3.81. The Balaban J connectivity index is 2.02. The first kappa shape index (κ1) is 16.5. The normalized spacial score (nSPS) is 32.4. The summed E-state index contributed by atoms with van der Waals surface area (Å²) in [5.41, 5.74) is 0. The molecular formula is C10H17NO9S. The molecule has 2 N–H and O–H groups in total. The zero-order valence-corrected chi connectivity index (χ0v) is 12.1. The van der Waals surface area contributed by atoms with Crippen molar-refractivity contribution >= 4 is 15.8 Å². The van der Waals surface area contributed by atoms with Gasteiger partial charge >= 0.3 is 5.97 Å². The second-order valence-corrected chi connectivity index (χ2v) is 6.86. The third kappa shape index (κ3) is 3.69. The number of carbonyl (C=O) groups excluding carboxylic acids is 1. The summed E-state index contributed by atoms with van der Waals surface area (Å²) < 4.78 is 39.6. The summed E-state index contributed by atoms with van der Waals surface area (Å²) in [6, 6.07) is 0. The molecule has 0 radical (unpaired) electrons. The molecule has 0 aliphatic carbocycles. The maximum absolute atomic E-state index is 12.2. The average molecular weight is 327 g/mol. The highest BCUT2D eigenvalue weighted by Crippen LogP contribution is 2.32. The van der Waals surface area contributed by atoms with Crippen LogP contribution in [0.5, 0.6) is 0 Å². The Morgan fingerprint density at radius 3 is 2.57 bits per heavy atom. The Labute approximate surface area is 120 Å². The van der Waals surface area contributed by atoms with E-state index < -0.39 is 50.5 Å². The van der Waals surface area contributed by atoms with Crippen molar-refractivity contribution in [1.82, 2.24) is 5.39 Å². The van der Waals surface area contributed by atoms with E-state index >= 15 is 0 Å². The van der Waals surface area contributed by atoms with E-state index in [0.29, 0.717) is 0 Å². The fourth-order valence-corrected chi connectivity index (χ4v) is 3.98. The smallest absolute Gasteiger partial charge is 0.321 e. The Kier molecular flexibility index (Phi) is 5.14. The van der Waals surface area contributed by atoms with Crippen molar-refractivity contribution in [1.29, 1.82) is 0 Å². The number of rotatable bonds is 6. The summed E-state index contributed by atoms with van der Waals surface area (Å²) in [6.45, 7) is 1.46. The second-order valence-electron chi connectivity index (χ2n) is 4.64. The summed E-state index contributed by atoms with van der Waals surface area (Å²) in [4.78, 5) is 16.0. The topological polar surface area (TPSA) is 132 Å². The molecule has 11 heteroatoms. The zero-order chi connectivity index (χ0) is 15.6. The van der Waals surface area contributed by atoms with Gasteiger partial charge in [0.15, 0.2) is 9.84 Å². The lowest BCUT2D eigenvalue weighted by atomic mass is 10.1. The molecule has 21 heavy (non-hydrogen) atoms. The number of sulfone groups is 1. The fraction of sp³-hybridized carbons (Fsp3) is 0.900. The maximum atomic E-state index is 12.2. The van der Waals surface area contributed by atoms with Crippen molar-refractivity contribution in [2.75, 3.05) is 25.6 Å². The van der Waals surface area contributed by atoms with Crippen molar-refractivity contribution < 1.29 is 42.7 Å². The highest BCUT2D eigenvalue weighted by molar-refractivity contribution is 7.92. The summed E-state index contributed by atoms with van der Waals surface area (Å²) in [5, 5.41) is 15.7. The molecule has 122 valence electrons. The van der Waals surface area contributed by atoms with Gasteiger partial charge in [-0.3, -0.25) is 15.2 Å². The van der Waals surface area contributed by atoms with E-state index in [0.717, 1.165) is 0 Å².